The Kier molecular flexibility index (Phi) is 5.93. The van der Waals surface area contributed by atoms with Crippen LogP contribution in [0.15, 0.2) is 29.2 Å². The van der Waals surface area contributed by atoms with Crippen molar-refractivity contribution in [3.63, 3.8) is 0 Å². The maximum Gasteiger partial charge on any atom is 0.243 e. The number of carbonyl (C=O) groups excluding carboxylic acids is 1. The summed E-state index contributed by atoms with van der Waals surface area (Å²) in [6, 6.07) is 5.61. The highest BCUT2D eigenvalue weighted by Gasteiger charge is 2.22. The molecule has 0 radical (unpaired) electrons. The van der Waals surface area contributed by atoms with E-state index in [1.165, 1.54) is 28.6 Å². The number of ketones is 1. The molecule has 106 valence electrons. The van der Waals surface area contributed by atoms with Crippen LogP contribution in [0, 0.1) is 0 Å². The number of nitrogens with zero attached hydrogens (tertiary/aromatic N) is 1. The minimum absolute atomic E-state index is 0.0429. The lowest BCUT2D eigenvalue weighted by Crippen LogP contribution is -2.33. The van der Waals surface area contributed by atoms with Gasteiger partial charge in [0.25, 0.3) is 0 Å². The zero-order valence-corrected chi connectivity index (χ0v) is 12.1. The van der Waals surface area contributed by atoms with Gasteiger partial charge in [0.1, 0.15) is 0 Å². The number of benzene rings is 1. The standard InChI is InChI=1S/C12H16ClNO4S/c1-2-14(7-8-15)19(17,18)11-5-3-10(4-6-11)12(16)9-13/h3-6,15H,2,7-9H2,1H3. The second kappa shape index (κ2) is 7.00. The molecule has 1 N–H and O–H groups in total. The van der Waals surface area contributed by atoms with E-state index in [1.807, 2.05) is 0 Å². The van der Waals surface area contributed by atoms with Crippen molar-refractivity contribution in [2.24, 2.45) is 0 Å². The summed E-state index contributed by atoms with van der Waals surface area (Å²) < 4.78 is 25.6. The van der Waals surface area contributed by atoms with Crippen LogP contribution in [0.5, 0.6) is 0 Å². The van der Waals surface area contributed by atoms with E-state index in [2.05, 4.69) is 0 Å². The molecule has 0 unspecified atom stereocenters. The molecule has 5 nitrogen and oxygen atoms in total. The van der Waals surface area contributed by atoms with Crippen molar-refractivity contribution in [1.29, 1.82) is 0 Å². The summed E-state index contributed by atoms with van der Waals surface area (Å²) >= 11 is 5.43. The number of halogens is 1. The summed E-state index contributed by atoms with van der Waals surface area (Å²) in [7, 11) is -3.63. The Bertz CT molecular complexity index is 527. The van der Waals surface area contributed by atoms with Crippen LogP contribution in [-0.4, -0.2) is 49.2 Å². The van der Waals surface area contributed by atoms with Crippen molar-refractivity contribution in [2.45, 2.75) is 11.8 Å². The van der Waals surface area contributed by atoms with Gasteiger partial charge in [0.15, 0.2) is 5.78 Å². The first-order valence-electron chi connectivity index (χ1n) is 5.77. The van der Waals surface area contributed by atoms with Gasteiger partial charge in [-0.2, -0.15) is 4.31 Å². The van der Waals surface area contributed by atoms with Crippen LogP contribution in [0.25, 0.3) is 0 Å². The third-order valence-electron chi connectivity index (χ3n) is 2.64. The van der Waals surface area contributed by atoms with Crippen molar-refractivity contribution in [3.05, 3.63) is 29.8 Å². The van der Waals surface area contributed by atoms with E-state index in [9.17, 15) is 13.2 Å². The van der Waals surface area contributed by atoms with Gasteiger partial charge in [-0.1, -0.05) is 19.1 Å². The van der Waals surface area contributed by atoms with Crippen LogP contribution < -0.4 is 0 Å². The van der Waals surface area contributed by atoms with E-state index in [-0.39, 0.29) is 36.3 Å². The molecule has 0 aliphatic rings. The van der Waals surface area contributed by atoms with E-state index in [1.54, 1.807) is 6.92 Å². The maximum absolute atomic E-state index is 12.2. The number of hydrogen-bond acceptors (Lipinski definition) is 4. The molecule has 19 heavy (non-hydrogen) atoms. The molecule has 1 aromatic rings. The van der Waals surface area contributed by atoms with Gasteiger partial charge in [0.05, 0.1) is 17.4 Å². The Hall–Kier alpha value is -0.950. The fraction of sp³-hybridized carbons (Fsp3) is 0.417. The van der Waals surface area contributed by atoms with Crippen molar-refractivity contribution in [2.75, 3.05) is 25.6 Å². The molecule has 7 heteroatoms. The monoisotopic (exact) mass is 305 g/mol. The number of alkyl halides is 1. The van der Waals surface area contributed by atoms with Gasteiger partial charge in [0, 0.05) is 18.7 Å². The predicted molar refractivity (Wildman–Crippen MR) is 73.0 cm³/mol. The number of sulfonamides is 1. The predicted octanol–water partition coefficient (Wildman–Crippen LogP) is 1.11. The molecular weight excluding hydrogens is 290 g/mol. The van der Waals surface area contributed by atoms with Gasteiger partial charge in [0.2, 0.25) is 10.0 Å². The summed E-state index contributed by atoms with van der Waals surface area (Å²) in [5.74, 6) is -0.397. The molecule has 0 fully saturated rings. The number of Topliss-reactive ketones (excluding diaryl/α,β-unsaturated/α-hetero) is 1. The maximum atomic E-state index is 12.2. The Labute approximate surface area is 117 Å². The largest absolute Gasteiger partial charge is 0.395 e. The fourth-order valence-corrected chi connectivity index (χ4v) is 3.19. The lowest BCUT2D eigenvalue weighted by atomic mass is 10.1. The van der Waals surface area contributed by atoms with E-state index >= 15 is 0 Å². The van der Waals surface area contributed by atoms with Crippen LogP contribution in [0.1, 0.15) is 17.3 Å². The lowest BCUT2D eigenvalue weighted by molar-refractivity contribution is 0.102. The van der Waals surface area contributed by atoms with Crippen molar-refractivity contribution in [1.82, 2.24) is 4.31 Å². The molecule has 0 bridgehead atoms. The molecule has 0 heterocycles. The number of carbonyl (C=O) groups is 1. The Balaban J connectivity index is 3.05. The Morgan fingerprint density at radius 3 is 2.32 bits per heavy atom. The number of aliphatic hydroxyl groups excluding tert-OH is 1. The molecule has 0 saturated heterocycles. The summed E-state index contributed by atoms with van der Waals surface area (Å²) in [4.78, 5) is 11.4. The summed E-state index contributed by atoms with van der Waals surface area (Å²) in [6.45, 7) is 1.76. The summed E-state index contributed by atoms with van der Waals surface area (Å²) in [6.07, 6.45) is 0. The molecule has 0 amide bonds. The molecular formula is C12H16ClNO4S. The quantitative estimate of drug-likeness (QED) is 0.605. The summed E-state index contributed by atoms with van der Waals surface area (Å²) in [5.41, 5.74) is 0.374. The first-order chi connectivity index (χ1) is 8.97. The third-order valence-corrected chi connectivity index (χ3v) is 4.87. The topological polar surface area (TPSA) is 74.7 Å². The molecule has 1 aromatic carbocycles. The molecule has 0 atom stereocenters. The highest BCUT2D eigenvalue weighted by molar-refractivity contribution is 7.89. The molecule has 0 aliphatic carbocycles. The SMILES string of the molecule is CCN(CCO)S(=O)(=O)c1ccc(C(=O)CCl)cc1. The molecule has 0 spiro atoms. The molecule has 0 saturated carbocycles. The average molecular weight is 306 g/mol. The van der Waals surface area contributed by atoms with Crippen LogP contribution >= 0.6 is 11.6 Å². The fourth-order valence-electron chi connectivity index (χ4n) is 1.60. The van der Waals surface area contributed by atoms with E-state index < -0.39 is 10.0 Å². The molecule has 1 rings (SSSR count). The zero-order valence-electron chi connectivity index (χ0n) is 10.5. The van der Waals surface area contributed by atoms with Crippen molar-refractivity contribution < 1.29 is 18.3 Å². The number of hydrogen-bond donors (Lipinski definition) is 1. The first-order valence-corrected chi connectivity index (χ1v) is 7.75. The number of likely N-dealkylation sites (N-methyl/N-ethyl adjacent to an activating group) is 1. The van der Waals surface area contributed by atoms with Gasteiger partial charge in [-0.25, -0.2) is 8.42 Å². The van der Waals surface area contributed by atoms with E-state index in [4.69, 9.17) is 16.7 Å². The zero-order chi connectivity index (χ0) is 14.5. The third kappa shape index (κ3) is 3.76. The Morgan fingerprint density at radius 2 is 1.89 bits per heavy atom. The normalized spacial score (nSPS) is 11.8. The first kappa shape index (κ1) is 16.1. The summed E-state index contributed by atoms with van der Waals surface area (Å²) in [5, 5.41) is 8.86. The van der Waals surface area contributed by atoms with Gasteiger partial charge in [-0.3, -0.25) is 4.79 Å². The minimum Gasteiger partial charge on any atom is -0.395 e. The molecule has 0 aromatic heterocycles. The van der Waals surface area contributed by atoms with Crippen molar-refractivity contribution >= 4 is 27.4 Å². The lowest BCUT2D eigenvalue weighted by Gasteiger charge is -2.19. The van der Waals surface area contributed by atoms with E-state index in [0.29, 0.717) is 5.56 Å². The van der Waals surface area contributed by atoms with Crippen LogP contribution in [0.4, 0.5) is 0 Å². The highest BCUT2D eigenvalue weighted by Crippen LogP contribution is 2.16. The molecule has 0 aliphatic heterocycles. The van der Waals surface area contributed by atoms with E-state index in [0.717, 1.165) is 0 Å². The van der Waals surface area contributed by atoms with Gasteiger partial charge >= 0.3 is 0 Å². The number of rotatable bonds is 7. The second-order valence-corrected chi connectivity index (χ2v) is 6.01. The highest BCUT2D eigenvalue weighted by atomic mass is 35.5. The Morgan fingerprint density at radius 1 is 1.32 bits per heavy atom. The van der Waals surface area contributed by atoms with Crippen LogP contribution in [0.3, 0.4) is 0 Å². The van der Waals surface area contributed by atoms with Gasteiger partial charge < -0.3 is 5.11 Å². The van der Waals surface area contributed by atoms with Crippen LogP contribution in [-0.2, 0) is 10.0 Å². The van der Waals surface area contributed by atoms with Crippen molar-refractivity contribution in [3.8, 4) is 0 Å². The van der Waals surface area contributed by atoms with Gasteiger partial charge in [-0.15, -0.1) is 11.6 Å². The average Bonchev–Trinajstić information content (AvgIpc) is 2.43. The van der Waals surface area contributed by atoms with Crippen LogP contribution in [0.2, 0.25) is 0 Å². The second-order valence-electron chi connectivity index (χ2n) is 3.80. The number of aliphatic hydroxyl groups is 1. The minimum atomic E-state index is -3.63. The smallest absolute Gasteiger partial charge is 0.243 e. The van der Waals surface area contributed by atoms with Gasteiger partial charge in [-0.05, 0) is 12.1 Å².